The van der Waals surface area contributed by atoms with Gasteiger partial charge in [-0.3, -0.25) is 4.79 Å². The number of hydrogen-bond acceptors (Lipinski definition) is 7. The van der Waals surface area contributed by atoms with Gasteiger partial charge < -0.3 is 29.0 Å². The Hall–Kier alpha value is -3.60. The van der Waals surface area contributed by atoms with E-state index in [-0.39, 0.29) is 0 Å². The Morgan fingerprint density at radius 2 is 1.61 bits per heavy atom. The second-order valence-electron chi connectivity index (χ2n) is 6.56. The molecule has 0 heterocycles. The van der Waals surface area contributed by atoms with Crippen LogP contribution in [0.2, 0.25) is 0 Å². The summed E-state index contributed by atoms with van der Waals surface area (Å²) in [4.78, 5) is 12.8. The SMILES string of the molecule is CCCCOc1ccc(C(=O)NC(C#N)c2cc(OC)c(OC)c(OC)c2)cc1OC. The van der Waals surface area contributed by atoms with E-state index in [1.165, 1.54) is 28.4 Å². The predicted molar refractivity (Wildman–Crippen MR) is 115 cm³/mol. The lowest BCUT2D eigenvalue weighted by Crippen LogP contribution is -2.27. The van der Waals surface area contributed by atoms with Gasteiger partial charge in [0.05, 0.1) is 41.1 Å². The van der Waals surface area contributed by atoms with Gasteiger partial charge in [-0.05, 0) is 42.3 Å². The first-order valence-electron chi connectivity index (χ1n) is 9.84. The summed E-state index contributed by atoms with van der Waals surface area (Å²) < 4.78 is 27.0. The molecule has 0 aliphatic heterocycles. The van der Waals surface area contributed by atoms with Gasteiger partial charge in [-0.2, -0.15) is 5.26 Å². The largest absolute Gasteiger partial charge is 0.493 e. The standard InChI is InChI=1S/C23H28N2O6/c1-6-7-10-31-18-9-8-15(11-19(18)27-2)23(26)25-17(14-24)16-12-20(28-3)22(30-5)21(13-16)29-4/h8-9,11-13,17H,6-7,10H2,1-5H3,(H,25,26). The van der Waals surface area contributed by atoms with Crippen molar-refractivity contribution in [1.29, 1.82) is 5.26 Å². The number of carbonyl (C=O) groups excluding carboxylic acids is 1. The molecule has 0 fully saturated rings. The second kappa shape index (κ2) is 11.6. The molecule has 0 aliphatic carbocycles. The van der Waals surface area contributed by atoms with Crippen molar-refractivity contribution in [2.45, 2.75) is 25.8 Å². The van der Waals surface area contributed by atoms with Crippen molar-refractivity contribution in [1.82, 2.24) is 5.32 Å². The van der Waals surface area contributed by atoms with Gasteiger partial charge in [0.25, 0.3) is 5.91 Å². The van der Waals surface area contributed by atoms with Crippen molar-refractivity contribution in [3.8, 4) is 34.8 Å². The van der Waals surface area contributed by atoms with E-state index >= 15 is 0 Å². The molecular formula is C23H28N2O6. The molecule has 0 saturated carbocycles. The highest BCUT2D eigenvalue weighted by atomic mass is 16.5. The van der Waals surface area contributed by atoms with E-state index in [0.717, 1.165) is 12.8 Å². The summed E-state index contributed by atoms with van der Waals surface area (Å²) in [6.45, 7) is 2.64. The minimum atomic E-state index is -0.937. The molecule has 2 aromatic rings. The highest BCUT2D eigenvalue weighted by Gasteiger charge is 2.21. The quantitative estimate of drug-likeness (QED) is 0.542. The first-order valence-corrected chi connectivity index (χ1v) is 9.84. The predicted octanol–water partition coefficient (Wildman–Crippen LogP) is 3.89. The van der Waals surface area contributed by atoms with Crippen molar-refractivity contribution in [3.63, 3.8) is 0 Å². The monoisotopic (exact) mass is 428 g/mol. The lowest BCUT2D eigenvalue weighted by molar-refractivity contribution is 0.0944. The van der Waals surface area contributed by atoms with E-state index in [9.17, 15) is 10.1 Å². The average Bonchev–Trinajstić information content (AvgIpc) is 2.81. The summed E-state index contributed by atoms with van der Waals surface area (Å²) in [7, 11) is 5.97. The van der Waals surface area contributed by atoms with Crippen LogP contribution in [0, 0.1) is 11.3 Å². The van der Waals surface area contributed by atoms with Gasteiger partial charge in [-0.25, -0.2) is 0 Å². The lowest BCUT2D eigenvalue weighted by Gasteiger charge is -2.18. The fourth-order valence-electron chi connectivity index (χ4n) is 2.93. The minimum Gasteiger partial charge on any atom is -0.493 e. The number of nitrogens with zero attached hydrogens (tertiary/aromatic N) is 1. The fraction of sp³-hybridized carbons (Fsp3) is 0.391. The summed E-state index contributed by atoms with van der Waals surface area (Å²) in [6, 6.07) is 9.30. The molecule has 1 unspecified atom stereocenters. The van der Waals surface area contributed by atoms with Crippen molar-refractivity contribution in [3.05, 3.63) is 41.5 Å². The summed E-state index contributed by atoms with van der Waals surface area (Å²) in [6.07, 6.45) is 1.93. The Bertz CT molecular complexity index is 913. The van der Waals surface area contributed by atoms with E-state index in [1.807, 2.05) is 0 Å². The fourth-order valence-corrected chi connectivity index (χ4v) is 2.93. The van der Waals surface area contributed by atoms with Gasteiger partial charge in [-0.1, -0.05) is 13.3 Å². The van der Waals surface area contributed by atoms with Gasteiger partial charge in [-0.15, -0.1) is 0 Å². The van der Waals surface area contributed by atoms with Crippen LogP contribution in [0.15, 0.2) is 30.3 Å². The van der Waals surface area contributed by atoms with Crippen LogP contribution in [0.25, 0.3) is 0 Å². The highest BCUT2D eigenvalue weighted by molar-refractivity contribution is 5.95. The molecule has 1 amide bonds. The zero-order valence-electron chi connectivity index (χ0n) is 18.5. The van der Waals surface area contributed by atoms with E-state index in [2.05, 4.69) is 18.3 Å². The average molecular weight is 428 g/mol. The van der Waals surface area contributed by atoms with E-state index < -0.39 is 11.9 Å². The van der Waals surface area contributed by atoms with Gasteiger partial charge in [0.1, 0.15) is 6.04 Å². The van der Waals surface area contributed by atoms with Crippen LogP contribution in [-0.4, -0.2) is 41.0 Å². The molecule has 2 aromatic carbocycles. The minimum absolute atomic E-state index is 0.340. The Balaban J connectivity index is 2.26. The Labute approximate surface area is 182 Å². The Kier molecular flexibility index (Phi) is 8.82. The van der Waals surface area contributed by atoms with Crippen LogP contribution in [0.3, 0.4) is 0 Å². The molecule has 0 saturated heterocycles. The molecule has 1 atom stereocenters. The molecule has 0 spiro atoms. The highest BCUT2D eigenvalue weighted by Crippen LogP contribution is 2.39. The maximum absolute atomic E-state index is 12.8. The molecule has 166 valence electrons. The normalized spacial score (nSPS) is 11.1. The summed E-state index contributed by atoms with van der Waals surface area (Å²) in [5.41, 5.74) is 0.837. The van der Waals surface area contributed by atoms with Gasteiger partial charge >= 0.3 is 0 Å². The Morgan fingerprint density at radius 1 is 0.968 bits per heavy atom. The zero-order chi connectivity index (χ0) is 22.8. The van der Waals surface area contributed by atoms with Crippen LogP contribution in [0.1, 0.15) is 41.7 Å². The van der Waals surface area contributed by atoms with Crippen molar-refractivity contribution >= 4 is 5.91 Å². The van der Waals surface area contributed by atoms with Crippen molar-refractivity contribution in [2.75, 3.05) is 35.0 Å². The first-order chi connectivity index (χ1) is 15.0. The molecule has 1 N–H and O–H groups in total. The second-order valence-corrected chi connectivity index (χ2v) is 6.56. The van der Waals surface area contributed by atoms with E-state index in [0.29, 0.717) is 46.5 Å². The maximum atomic E-state index is 12.8. The number of nitriles is 1. The third-order valence-corrected chi connectivity index (χ3v) is 4.61. The number of methoxy groups -OCH3 is 4. The smallest absolute Gasteiger partial charge is 0.252 e. The molecule has 0 aliphatic rings. The van der Waals surface area contributed by atoms with Gasteiger partial charge in [0.15, 0.2) is 23.0 Å². The molecule has 8 nitrogen and oxygen atoms in total. The van der Waals surface area contributed by atoms with Gasteiger partial charge in [0, 0.05) is 5.56 Å². The molecule has 0 bridgehead atoms. The number of hydrogen-bond donors (Lipinski definition) is 1. The van der Waals surface area contributed by atoms with Crippen LogP contribution in [0.4, 0.5) is 0 Å². The third kappa shape index (κ3) is 5.72. The lowest BCUT2D eigenvalue weighted by atomic mass is 10.1. The van der Waals surface area contributed by atoms with Crippen molar-refractivity contribution in [2.24, 2.45) is 0 Å². The van der Waals surface area contributed by atoms with Crippen LogP contribution in [-0.2, 0) is 0 Å². The number of amides is 1. The van der Waals surface area contributed by atoms with E-state index in [1.54, 1.807) is 30.3 Å². The number of carbonyl (C=O) groups is 1. The summed E-state index contributed by atoms with van der Waals surface area (Å²) >= 11 is 0. The third-order valence-electron chi connectivity index (χ3n) is 4.61. The summed E-state index contributed by atoms with van der Waals surface area (Å²) in [5.74, 6) is 1.76. The molecule has 8 heteroatoms. The number of rotatable bonds is 11. The zero-order valence-corrected chi connectivity index (χ0v) is 18.5. The van der Waals surface area contributed by atoms with E-state index in [4.69, 9.17) is 23.7 Å². The van der Waals surface area contributed by atoms with Crippen LogP contribution in [0.5, 0.6) is 28.7 Å². The number of ether oxygens (including phenoxy) is 5. The summed E-state index contributed by atoms with van der Waals surface area (Å²) in [5, 5.41) is 12.4. The molecule has 0 radical (unpaired) electrons. The van der Waals surface area contributed by atoms with Crippen molar-refractivity contribution < 1.29 is 28.5 Å². The molecular weight excluding hydrogens is 400 g/mol. The van der Waals surface area contributed by atoms with Crippen LogP contribution >= 0.6 is 0 Å². The number of unbranched alkanes of at least 4 members (excludes halogenated alkanes) is 1. The molecule has 31 heavy (non-hydrogen) atoms. The maximum Gasteiger partial charge on any atom is 0.252 e. The molecule has 2 rings (SSSR count). The number of benzene rings is 2. The number of nitrogens with one attached hydrogen (secondary N) is 1. The Morgan fingerprint density at radius 3 is 2.13 bits per heavy atom. The first kappa shape index (κ1) is 23.7. The molecule has 0 aromatic heterocycles. The van der Waals surface area contributed by atoms with Crippen LogP contribution < -0.4 is 29.0 Å². The van der Waals surface area contributed by atoms with Gasteiger partial charge in [0.2, 0.25) is 5.75 Å². The topological polar surface area (TPSA) is 99.0 Å².